The van der Waals surface area contributed by atoms with Crippen molar-refractivity contribution in [1.82, 2.24) is 20.6 Å². The van der Waals surface area contributed by atoms with Crippen LogP contribution in [0.15, 0.2) is 126 Å². The maximum Gasteiger partial charge on any atom is 0.338 e. The molecule has 1 aliphatic rings. The molecular weight excluding hydrogens is 658 g/mol. The normalized spacial score (nSPS) is 14.1. The third-order valence-electron chi connectivity index (χ3n) is 8.48. The third kappa shape index (κ3) is 7.73. The Morgan fingerprint density at radius 3 is 2.25 bits per heavy atom. The molecule has 0 saturated carbocycles. The van der Waals surface area contributed by atoms with Crippen molar-refractivity contribution in [2.75, 3.05) is 20.3 Å². The zero-order chi connectivity index (χ0) is 36.6. The number of ether oxygens (including phenoxy) is 3. The van der Waals surface area contributed by atoms with Crippen molar-refractivity contribution < 1.29 is 28.6 Å². The third-order valence-corrected chi connectivity index (χ3v) is 8.48. The highest BCUT2D eigenvalue weighted by Crippen LogP contribution is 2.36. The number of amides is 3. The molecule has 11 heteroatoms. The van der Waals surface area contributed by atoms with Gasteiger partial charge in [-0.15, -0.1) is 0 Å². The maximum atomic E-state index is 13.0. The molecule has 3 amide bonds. The van der Waals surface area contributed by atoms with Crippen LogP contribution in [-0.2, 0) is 14.3 Å². The molecule has 2 heterocycles. The predicted octanol–water partition coefficient (Wildman–Crippen LogP) is 6.85. The van der Waals surface area contributed by atoms with E-state index in [1.807, 2.05) is 48.5 Å². The Balaban J connectivity index is 1.22. The molecular formula is C41H39N5O6. The van der Waals surface area contributed by atoms with E-state index in [4.69, 9.17) is 14.2 Å². The number of benzene rings is 4. The van der Waals surface area contributed by atoms with Gasteiger partial charge in [-0.2, -0.15) is 5.10 Å². The fourth-order valence-corrected chi connectivity index (χ4v) is 6.06. The number of carbonyl (C=O) groups excluding carboxylic acids is 3. The van der Waals surface area contributed by atoms with E-state index in [0.29, 0.717) is 17.0 Å². The summed E-state index contributed by atoms with van der Waals surface area (Å²) in [6.07, 6.45) is 1.64. The number of hydrogen-bond acceptors (Lipinski definition) is 7. The van der Waals surface area contributed by atoms with Gasteiger partial charge in [0.25, 0.3) is 5.91 Å². The van der Waals surface area contributed by atoms with Crippen LogP contribution < -0.4 is 25.5 Å². The van der Waals surface area contributed by atoms with Crippen molar-refractivity contribution in [3.05, 3.63) is 137 Å². The van der Waals surface area contributed by atoms with Gasteiger partial charge in [0.1, 0.15) is 0 Å². The van der Waals surface area contributed by atoms with Crippen molar-refractivity contribution in [3.63, 3.8) is 0 Å². The van der Waals surface area contributed by atoms with Gasteiger partial charge in [-0.1, -0.05) is 84.4 Å². The number of methoxy groups -OCH3 is 1. The quantitative estimate of drug-likeness (QED) is 0.0743. The fourth-order valence-electron chi connectivity index (χ4n) is 6.06. The number of urea groups is 1. The monoisotopic (exact) mass is 697 g/mol. The summed E-state index contributed by atoms with van der Waals surface area (Å²) in [5.74, 6) is -0.439. The minimum atomic E-state index is -0.780. The highest BCUT2D eigenvalue weighted by atomic mass is 16.5. The molecule has 0 saturated heterocycles. The average molecular weight is 698 g/mol. The number of rotatable bonds is 12. The molecule has 5 aromatic rings. The van der Waals surface area contributed by atoms with Gasteiger partial charge in [0.2, 0.25) is 0 Å². The Hall–Kier alpha value is -6.62. The first-order valence-electron chi connectivity index (χ1n) is 16.8. The smallest absolute Gasteiger partial charge is 0.338 e. The van der Waals surface area contributed by atoms with Gasteiger partial charge in [0, 0.05) is 16.9 Å². The first-order chi connectivity index (χ1) is 25.3. The summed E-state index contributed by atoms with van der Waals surface area (Å²) in [6.45, 7) is 5.24. The molecule has 0 aliphatic carbocycles. The van der Waals surface area contributed by atoms with Gasteiger partial charge < -0.3 is 29.4 Å². The lowest BCUT2D eigenvalue weighted by atomic mass is 9.95. The topological polar surface area (TPSA) is 132 Å². The highest BCUT2D eigenvalue weighted by Gasteiger charge is 2.32. The molecule has 0 unspecified atom stereocenters. The van der Waals surface area contributed by atoms with E-state index in [9.17, 15) is 14.4 Å². The van der Waals surface area contributed by atoms with E-state index in [1.165, 1.54) is 7.11 Å². The van der Waals surface area contributed by atoms with E-state index in [2.05, 4.69) is 75.1 Å². The van der Waals surface area contributed by atoms with Gasteiger partial charge in [0.05, 0.1) is 42.9 Å². The molecule has 264 valence electrons. The van der Waals surface area contributed by atoms with Gasteiger partial charge in [-0.25, -0.2) is 15.0 Å². The lowest BCUT2D eigenvalue weighted by Crippen LogP contribution is -2.45. The van der Waals surface area contributed by atoms with E-state index >= 15 is 0 Å². The number of nitrogens with zero attached hydrogens (tertiary/aromatic N) is 2. The molecule has 11 nitrogen and oxygen atoms in total. The maximum absolute atomic E-state index is 13.0. The van der Waals surface area contributed by atoms with Crippen molar-refractivity contribution in [2.24, 2.45) is 5.10 Å². The van der Waals surface area contributed by atoms with Crippen molar-refractivity contribution in [1.29, 1.82) is 0 Å². The molecule has 1 atom stereocenters. The molecule has 4 aromatic carbocycles. The van der Waals surface area contributed by atoms with Crippen LogP contribution in [0.25, 0.3) is 28.2 Å². The van der Waals surface area contributed by atoms with Crippen LogP contribution >= 0.6 is 0 Å². The summed E-state index contributed by atoms with van der Waals surface area (Å²) in [5.41, 5.74) is 10.7. The van der Waals surface area contributed by atoms with Crippen molar-refractivity contribution >= 4 is 24.1 Å². The van der Waals surface area contributed by atoms with E-state index in [-0.39, 0.29) is 24.5 Å². The largest absolute Gasteiger partial charge is 0.493 e. The Kier molecular flexibility index (Phi) is 10.8. The minimum Gasteiger partial charge on any atom is -0.493 e. The number of esters is 1. The summed E-state index contributed by atoms with van der Waals surface area (Å²) in [5, 5.41) is 9.70. The SMILES string of the molecule is CCOC(=O)C1=C(C)NC(=O)N[C@H]1c1ccc(OCC(=O)N/N=C\c2cc(-c3ccccc3)n(-c3ccc(C)cc3)c2-c2ccccc2)c(OC)c1. The second-order valence-electron chi connectivity index (χ2n) is 12.0. The summed E-state index contributed by atoms with van der Waals surface area (Å²) in [4.78, 5) is 38.0. The van der Waals surface area contributed by atoms with Crippen LogP contribution in [0.5, 0.6) is 11.5 Å². The van der Waals surface area contributed by atoms with E-state index < -0.39 is 23.9 Å². The zero-order valence-corrected chi connectivity index (χ0v) is 29.3. The Labute approximate surface area is 301 Å². The number of aryl methyl sites for hydroxylation is 1. The second kappa shape index (κ2) is 15.9. The predicted molar refractivity (Wildman–Crippen MR) is 199 cm³/mol. The fraction of sp³-hybridized carbons (Fsp3) is 0.171. The molecule has 1 aromatic heterocycles. The lowest BCUT2D eigenvalue weighted by Gasteiger charge is -2.28. The number of hydrogen-bond donors (Lipinski definition) is 3. The standard InChI is InChI=1S/C41H39N5O6/c1-5-51-40(48)37-27(3)43-41(49)44-38(37)30-18-21-34(35(23-30)50-4)52-25-36(47)45-42-24-31-22-33(28-12-8-6-9-13-28)46(32-19-16-26(2)17-20-32)39(31)29-14-10-7-11-15-29/h6-24,38H,5,25H2,1-4H3,(H,45,47)(H2,43,44,49)/b42-24-/t38-/m0/s1. The van der Waals surface area contributed by atoms with Crippen LogP contribution in [0.1, 0.15) is 36.6 Å². The summed E-state index contributed by atoms with van der Waals surface area (Å²) in [7, 11) is 1.46. The Morgan fingerprint density at radius 1 is 0.885 bits per heavy atom. The van der Waals surface area contributed by atoms with Crippen LogP contribution in [0.4, 0.5) is 4.79 Å². The highest BCUT2D eigenvalue weighted by molar-refractivity contribution is 5.95. The van der Waals surface area contributed by atoms with Crippen LogP contribution in [0, 0.1) is 6.92 Å². The van der Waals surface area contributed by atoms with Gasteiger partial charge in [-0.3, -0.25) is 4.79 Å². The number of aromatic nitrogens is 1. The van der Waals surface area contributed by atoms with E-state index in [0.717, 1.165) is 39.3 Å². The number of allylic oxidation sites excluding steroid dienone is 1. The Morgan fingerprint density at radius 2 is 1.58 bits per heavy atom. The number of hydrazone groups is 1. The average Bonchev–Trinajstić information content (AvgIpc) is 3.54. The first-order valence-corrected chi connectivity index (χ1v) is 16.8. The van der Waals surface area contributed by atoms with Crippen LogP contribution in [-0.4, -0.2) is 49.0 Å². The molecule has 52 heavy (non-hydrogen) atoms. The Bertz CT molecular complexity index is 2140. The van der Waals surface area contributed by atoms with Crippen LogP contribution in [0.2, 0.25) is 0 Å². The van der Waals surface area contributed by atoms with E-state index in [1.54, 1.807) is 38.3 Å². The molecule has 0 fully saturated rings. The van der Waals surface area contributed by atoms with Crippen LogP contribution in [0.3, 0.4) is 0 Å². The summed E-state index contributed by atoms with van der Waals surface area (Å²) >= 11 is 0. The minimum absolute atomic E-state index is 0.182. The molecule has 0 radical (unpaired) electrons. The number of carbonyl (C=O) groups is 3. The summed E-state index contributed by atoms with van der Waals surface area (Å²) < 4.78 is 18.8. The van der Waals surface area contributed by atoms with Crippen molar-refractivity contribution in [3.8, 4) is 39.7 Å². The molecule has 0 bridgehead atoms. The van der Waals surface area contributed by atoms with Crippen molar-refractivity contribution in [2.45, 2.75) is 26.8 Å². The molecule has 1 aliphatic heterocycles. The van der Waals surface area contributed by atoms with Gasteiger partial charge in [-0.05, 0) is 67.8 Å². The molecule has 0 spiro atoms. The first kappa shape index (κ1) is 35.2. The number of nitrogens with one attached hydrogen (secondary N) is 3. The molecule has 3 N–H and O–H groups in total. The van der Waals surface area contributed by atoms with Gasteiger partial charge >= 0.3 is 12.0 Å². The zero-order valence-electron chi connectivity index (χ0n) is 29.3. The molecule has 6 rings (SSSR count). The van der Waals surface area contributed by atoms with Gasteiger partial charge in [0.15, 0.2) is 18.1 Å². The summed E-state index contributed by atoms with van der Waals surface area (Å²) in [6, 6.07) is 34.3. The second-order valence-corrected chi connectivity index (χ2v) is 12.0. The lowest BCUT2D eigenvalue weighted by molar-refractivity contribution is -0.139.